The molecular formula is C20H22N2O5. The lowest BCUT2D eigenvalue weighted by atomic mass is 9.86. The van der Waals surface area contributed by atoms with E-state index in [1.807, 2.05) is 12.1 Å². The standard InChI is InChI=1S/C20H22N2O5/c1-20(2,3)15-9-7-13(8-10-15)19(25)21-17(12-18(23)24)14-5-4-6-16(11-14)22(26)27/h4-11,17H,12H2,1-3H3,(H,21,25)(H,23,24)/t17-/m0/s1. The Balaban J connectivity index is 2.25. The first kappa shape index (κ1) is 20.1. The average Bonchev–Trinajstić information content (AvgIpc) is 2.60. The summed E-state index contributed by atoms with van der Waals surface area (Å²) in [6.07, 6.45) is -0.382. The van der Waals surface area contributed by atoms with Gasteiger partial charge in [-0.05, 0) is 28.7 Å². The van der Waals surface area contributed by atoms with E-state index in [1.165, 1.54) is 18.2 Å². The highest BCUT2D eigenvalue weighted by Gasteiger charge is 2.21. The molecule has 2 aromatic carbocycles. The van der Waals surface area contributed by atoms with Crippen molar-refractivity contribution in [2.45, 2.75) is 38.6 Å². The Kier molecular flexibility index (Phi) is 5.95. The quantitative estimate of drug-likeness (QED) is 0.593. The average molecular weight is 370 g/mol. The van der Waals surface area contributed by atoms with Gasteiger partial charge in [0.25, 0.3) is 11.6 Å². The minimum Gasteiger partial charge on any atom is -0.481 e. The van der Waals surface area contributed by atoms with E-state index >= 15 is 0 Å². The highest BCUT2D eigenvalue weighted by atomic mass is 16.6. The molecule has 0 saturated heterocycles. The molecule has 7 nitrogen and oxygen atoms in total. The number of nitro benzene ring substituents is 1. The van der Waals surface area contributed by atoms with Crippen LogP contribution in [-0.2, 0) is 10.2 Å². The van der Waals surface area contributed by atoms with Crippen LogP contribution >= 0.6 is 0 Å². The molecule has 2 N–H and O–H groups in total. The van der Waals surface area contributed by atoms with Crippen LogP contribution < -0.4 is 5.32 Å². The number of hydrogen-bond acceptors (Lipinski definition) is 4. The van der Waals surface area contributed by atoms with E-state index in [0.717, 1.165) is 5.56 Å². The topological polar surface area (TPSA) is 110 Å². The van der Waals surface area contributed by atoms with Gasteiger partial charge >= 0.3 is 5.97 Å². The summed E-state index contributed by atoms with van der Waals surface area (Å²) in [6, 6.07) is 11.8. The molecule has 1 amide bonds. The molecule has 1 atom stereocenters. The van der Waals surface area contributed by atoms with Gasteiger partial charge in [0.2, 0.25) is 0 Å². The molecule has 0 aliphatic heterocycles. The molecule has 0 saturated carbocycles. The third-order valence-corrected chi connectivity index (χ3v) is 4.18. The summed E-state index contributed by atoms with van der Waals surface area (Å²) >= 11 is 0. The van der Waals surface area contributed by atoms with Crippen molar-refractivity contribution in [3.8, 4) is 0 Å². The Labute approximate surface area is 157 Å². The van der Waals surface area contributed by atoms with Crippen molar-refractivity contribution in [1.29, 1.82) is 0 Å². The zero-order chi connectivity index (χ0) is 20.2. The summed E-state index contributed by atoms with van der Waals surface area (Å²) in [4.78, 5) is 34.1. The Morgan fingerprint density at radius 3 is 2.30 bits per heavy atom. The molecule has 0 radical (unpaired) electrons. The van der Waals surface area contributed by atoms with E-state index in [-0.39, 0.29) is 17.5 Å². The smallest absolute Gasteiger partial charge is 0.305 e. The Hall–Kier alpha value is -3.22. The number of carboxylic acid groups (broad SMARTS) is 1. The number of aliphatic carboxylic acids is 1. The van der Waals surface area contributed by atoms with Crippen molar-refractivity contribution in [1.82, 2.24) is 5.32 Å². The highest BCUT2D eigenvalue weighted by Crippen LogP contribution is 2.24. The zero-order valence-electron chi connectivity index (χ0n) is 15.4. The molecule has 142 valence electrons. The van der Waals surface area contributed by atoms with Crippen LogP contribution in [0.5, 0.6) is 0 Å². The monoisotopic (exact) mass is 370 g/mol. The molecule has 27 heavy (non-hydrogen) atoms. The maximum absolute atomic E-state index is 12.6. The van der Waals surface area contributed by atoms with Gasteiger partial charge in [0, 0.05) is 17.7 Å². The fourth-order valence-corrected chi connectivity index (χ4v) is 2.65. The molecule has 7 heteroatoms. The van der Waals surface area contributed by atoms with Crippen molar-refractivity contribution < 1.29 is 19.6 Å². The summed E-state index contributed by atoms with van der Waals surface area (Å²) in [5.41, 5.74) is 1.62. The summed E-state index contributed by atoms with van der Waals surface area (Å²) < 4.78 is 0. The number of carbonyl (C=O) groups is 2. The number of rotatable bonds is 6. The first-order valence-corrected chi connectivity index (χ1v) is 8.45. The molecule has 2 aromatic rings. The number of non-ortho nitro benzene ring substituents is 1. The molecule has 0 spiro atoms. The number of benzene rings is 2. The lowest BCUT2D eigenvalue weighted by molar-refractivity contribution is -0.384. The van der Waals surface area contributed by atoms with E-state index in [4.69, 9.17) is 5.11 Å². The summed E-state index contributed by atoms with van der Waals surface area (Å²) in [5.74, 6) is -1.55. The van der Waals surface area contributed by atoms with Crippen molar-refractivity contribution in [3.05, 3.63) is 75.3 Å². The molecule has 0 fully saturated rings. The molecule has 0 unspecified atom stereocenters. The van der Waals surface area contributed by atoms with Crippen molar-refractivity contribution in [2.24, 2.45) is 0 Å². The second kappa shape index (κ2) is 7.99. The molecule has 0 aliphatic rings. The summed E-state index contributed by atoms with van der Waals surface area (Å²) in [7, 11) is 0. The van der Waals surface area contributed by atoms with E-state index in [0.29, 0.717) is 11.1 Å². The van der Waals surface area contributed by atoms with Gasteiger partial charge in [-0.3, -0.25) is 19.7 Å². The minimum atomic E-state index is -1.12. The van der Waals surface area contributed by atoms with Gasteiger partial charge < -0.3 is 10.4 Å². The van der Waals surface area contributed by atoms with Crippen LogP contribution in [0.15, 0.2) is 48.5 Å². The molecular weight excluding hydrogens is 348 g/mol. The molecule has 0 heterocycles. The van der Waals surface area contributed by atoms with Gasteiger partial charge in [0.05, 0.1) is 17.4 Å². The highest BCUT2D eigenvalue weighted by molar-refractivity contribution is 5.94. The van der Waals surface area contributed by atoms with Gasteiger partial charge in [-0.2, -0.15) is 0 Å². The maximum Gasteiger partial charge on any atom is 0.305 e. The SMILES string of the molecule is CC(C)(C)c1ccc(C(=O)N[C@@H](CC(=O)O)c2cccc([N+](=O)[O-])c2)cc1. The molecule has 2 rings (SSSR count). The first-order valence-electron chi connectivity index (χ1n) is 8.45. The minimum absolute atomic E-state index is 0.0518. The number of nitrogens with zero attached hydrogens (tertiary/aromatic N) is 1. The van der Waals surface area contributed by atoms with Crippen molar-refractivity contribution in [2.75, 3.05) is 0 Å². The largest absolute Gasteiger partial charge is 0.481 e. The number of nitro groups is 1. The van der Waals surface area contributed by atoms with Crippen LogP contribution in [0.2, 0.25) is 0 Å². The van der Waals surface area contributed by atoms with Gasteiger partial charge in [-0.15, -0.1) is 0 Å². The lowest BCUT2D eigenvalue weighted by Crippen LogP contribution is -2.30. The normalized spacial score (nSPS) is 12.3. The third-order valence-electron chi connectivity index (χ3n) is 4.18. The molecule has 0 aromatic heterocycles. The lowest BCUT2D eigenvalue weighted by Gasteiger charge is -2.20. The van der Waals surface area contributed by atoms with Crippen molar-refractivity contribution >= 4 is 17.6 Å². The first-order chi connectivity index (χ1) is 12.6. The summed E-state index contributed by atoms with van der Waals surface area (Å²) in [6.45, 7) is 6.19. The number of nitrogens with one attached hydrogen (secondary N) is 1. The maximum atomic E-state index is 12.6. The fourth-order valence-electron chi connectivity index (χ4n) is 2.65. The second-order valence-corrected chi connectivity index (χ2v) is 7.30. The van der Waals surface area contributed by atoms with E-state index in [2.05, 4.69) is 26.1 Å². The van der Waals surface area contributed by atoms with Crippen LogP contribution in [0.4, 0.5) is 5.69 Å². The third kappa shape index (κ3) is 5.37. The van der Waals surface area contributed by atoms with Crippen LogP contribution in [0, 0.1) is 10.1 Å². The van der Waals surface area contributed by atoms with E-state index in [9.17, 15) is 19.7 Å². The van der Waals surface area contributed by atoms with Gasteiger partial charge in [-0.25, -0.2) is 0 Å². The van der Waals surface area contributed by atoms with Gasteiger partial charge in [-0.1, -0.05) is 45.0 Å². The predicted molar refractivity (Wildman–Crippen MR) is 101 cm³/mol. The number of hydrogen-bond donors (Lipinski definition) is 2. The van der Waals surface area contributed by atoms with E-state index in [1.54, 1.807) is 18.2 Å². The van der Waals surface area contributed by atoms with Crippen LogP contribution in [0.25, 0.3) is 0 Å². The summed E-state index contributed by atoms with van der Waals surface area (Å²) in [5, 5.41) is 22.8. The van der Waals surface area contributed by atoms with Crippen LogP contribution in [-0.4, -0.2) is 21.9 Å². The second-order valence-electron chi connectivity index (χ2n) is 7.30. The van der Waals surface area contributed by atoms with Crippen molar-refractivity contribution in [3.63, 3.8) is 0 Å². The van der Waals surface area contributed by atoms with Gasteiger partial charge in [0.1, 0.15) is 0 Å². The molecule has 0 aliphatic carbocycles. The zero-order valence-corrected chi connectivity index (χ0v) is 15.4. The van der Waals surface area contributed by atoms with Crippen LogP contribution in [0.3, 0.4) is 0 Å². The Morgan fingerprint density at radius 1 is 1.15 bits per heavy atom. The Morgan fingerprint density at radius 2 is 1.78 bits per heavy atom. The number of amides is 1. The fraction of sp³-hybridized carbons (Fsp3) is 0.300. The predicted octanol–water partition coefficient (Wildman–Crippen LogP) is 3.84. The Bertz CT molecular complexity index is 853. The van der Waals surface area contributed by atoms with Gasteiger partial charge in [0.15, 0.2) is 0 Å². The van der Waals surface area contributed by atoms with E-state index < -0.39 is 22.8 Å². The number of carbonyl (C=O) groups excluding carboxylic acids is 1. The number of carboxylic acids is 1. The van der Waals surface area contributed by atoms with Crippen LogP contribution in [0.1, 0.15) is 54.7 Å². The molecule has 0 bridgehead atoms.